The van der Waals surface area contributed by atoms with E-state index in [-0.39, 0.29) is 17.2 Å². The highest BCUT2D eigenvalue weighted by atomic mass is 32.2. The van der Waals surface area contributed by atoms with Crippen molar-refractivity contribution in [2.45, 2.75) is 37.8 Å². The second-order valence-electron chi connectivity index (χ2n) is 7.55. The van der Waals surface area contributed by atoms with Gasteiger partial charge < -0.3 is 4.52 Å². The summed E-state index contributed by atoms with van der Waals surface area (Å²) in [6, 6.07) is 2.77. The molecule has 4 rings (SSSR count). The van der Waals surface area contributed by atoms with Crippen LogP contribution < -0.4 is 5.14 Å². The topological polar surface area (TPSA) is 102 Å². The highest BCUT2D eigenvalue weighted by Gasteiger charge is 2.58. The van der Waals surface area contributed by atoms with Crippen LogP contribution in [0.3, 0.4) is 0 Å². The third-order valence-electron chi connectivity index (χ3n) is 5.82. The van der Waals surface area contributed by atoms with Crippen LogP contribution in [0.2, 0.25) is 0 Å². The summed E-state index contributed by atoms with van der Waals surface area (Å²) in [5.41, 5.74) is -1.77. The van der Waals surface area contributed by atoms with E-state index in [2.05, 4.69) is 10.1 Å². The molecule has 1 saturated carbocycles. The Bertz CT molecular complexity index is 1030. The standard InChI is InChI=1S/C17H18F4N4O3S/c18-13-3-1-2-11(17(19,20)21)10(13)8-14-23-15(24-28-14)12-9-16(12)4-6-25(7-5-16)29(22,26)27/h1-3,12H,4-9H2,(H2,22,26,27)/t12-/m0/s1. The zero-order valence-electron chi connectivity index (χ0n) is 15.1. The lowest BCUT2D eigenvalue weighted by Gasteiger charge is -2.30. The lowest BCUT2D eigenvalue weighted by Crippen LogP contribution is -2.43. The number of alkyl halides is 3. The average molecular weight is 434 g/mol. The van der Waals surface area contributed by atoms with Crippen molar-refractivity contribution in [1.29, 1.82) is 0 Å². The Morgan fingerprint density at radius 3 is 2.59 bits per heavy atom. The fraction of sp³-hybridized carbons (Fsp3) is 0.529. The molecule has 0 amide bonds. The number of piperidine rings is 1. The second-order valence-corrected chi connectivity index (χ2v) is 9.10. The van der Waals surface area contributed by atoms with E-state index in [1.54, 1.807) is 0 Å². The van der Waals surface area contributed by atoms with Crippen LogP contribution >= 0.6 is 0 Å². The minimum Gasteiger partial charge on any atom is -0.339 e. The molecule has 1 spiro atoms. The normalized spacial score (nSPS) is 22.2. The molecule has 2 aromatic rings. The zero-order chi connectivity index (χ0) is 21.0. The lowest BCUT2D eigenvalue weighted by atomic mass is 9.92. The van der Waals surface area contributed by atoms with Crippen molar-refractivity contribution in [2.75, 3.05) is 13.1 Å². The summed E-state index contributed by atoms with van der Waals surface area (Å²) >= 11 is 0. The number of rotatable bonds is 4. The van der Waals surface area contributed by atoms with Crippen molar-refractivity contribution in [3.8, 4) is 0 Å². The molecular formula is C17H18F4N4O3S. The lowest BCUT2D eigenvalue weighted by molar-refractivity contribution is -0.138. The number of hydrogen-bond acceptors (Lipinski definition) is 5. The van der Waals surface area contributed by atoms with Crippen LogP contribution in [-0.4, -0.2) is 36.0 Å². The number of nitrogens with zero attached hydrogens (tertiary/aromatic N) is 3. The van der Waals surface area contributed by atoms with Crippen molar-refractivity contribution >= 4 is 10.2 Å². The maximum Gasteiger partial charge on any atom is 0.416 e. The van der Waals surface area contributed by atoms with E-state index < -0.39 is 39.8 Å². The molecule has 2 aliphatic rings. The fourth-order valence-electron chi connectivity index (χ4n) is 4.09. The van der Waals surface area contributed by atoms with E-state index in [1.807, 2.05) is 0 Å². The summed E-state index contributed by atoms with van der Waals surface area (Å²) in [6.45, 7) is 0.592. The summed E-state index contributed by atoms with van der Waals surface area (Å²) in [6.07, 6.45) is -3.25. The molecule has 2 N–H and O–H groups in total. The van der Waals surface area contributed by atoms with E-state index in [4.69, 9.17) is 9.66 Å². The summed E-state index contributed by atoms with van der Waals surface area (Å²) in [5, 5.41) is 9.01. The number of benzene rings is 1. The van der Waals surface area contributed by atoms with Gasteiger partial charge in [0.2, 0.25) is 5.89 Å². The maximum atomic E-state index is 14.0. The molecule has 0 bridgehead atoms. The van der Waals surface area contributed by atoms with Gasteiger partial charge in [0, 0.05) is 24.6 Å². The largest absolute Gasteiger partial charge is 0.416 e. The molecular weight excluding hydrogens is 416 g/mol. The van der Waals surface area contributed by atoms with Gasteiger partial charge in [-0.1, -0.05) is 11.2 Å². The molecule has 7 nitrogen and oxygen atoms in total. The van der Waals surface area contributed by atoms with Gasteiger partial charge in [-0.3, -0.25) is 0 Å². The molecule has 158 valence electrons. The van der Waals surface area contributed by atoms with Gasteiger partial charge in [0.25, 0.3) is 10.2 Å². The molecule has 29 heavy (non-hydrogen) atoms. The molecule has 1 aliphatic carbocycles. The van der Waals surface area contributed by atoms with E-state index >= 15 is 0 Å². The Morgan fingerprint density at radius 1 is 1.28 bits per heavy atom. The SMILES string of the molecule is NS(=O)(=O)N1CCC2(CC1)C[C@H]2c1noc(Cc2c(F)cccc2C(F)(F)F)n1. The molecule has 0 radical (unpaired) electrons. The average Bonchev–Trinajstić information content (AvgIpc) is 3.10. The minimum atomic E-state index is -4.70. The number of hydrogen-bond donors (Lipinski definition) is 1. The van der Waals surface area contributed by atoms with Gasteiger partial charge in [-0.2, -0.15) is 30.9 Å². The van der Waals surface area contributed by atoms with Crippen molar-refractivity contribution in [2.24, 2.45) is 10.6 Å². The van der Waals surface area contributed by atoms with Gasteiger partial charge in [0.05, 0.1) is 12.0 Å². The highest BCUT2D eigenvalue weighted by Crippen LogP contribution is 2.64. The predicted octanol–water partition coefficient (Wildman–Crippen LogP) is 2.59. The molecule has 2 heterocycles. The van der Waals surface area contributed by atoms with Gasteiger partial charge in [0.15, 0.2) is 5.82 Å². The summed E-state index contributed by atoms with van der Waals surface area (Å²) in [5.74, 6) is -0.795. The van der Waals surface area contributed by atoms with Gasteiger partial charge in [0.1, 0.15) is 5.82 Å². The van der Waals surface area contributed by atoms with Gasteiger partial charge in [-0.15, -0.1) is 0 Å². The number of nitrogens with two attached hydrogens (primary N) is 1. The fourth-order valence-corrected chi connectivity index (χ4v) is 4.78. The van der Waals surface area contributed by atoms with Crippen LogP contribution in [0.15, 0.2) is 22.7 Å². The van der Waals surface area contributed by atoms with Crippen LogP contribution in [-0.2, 0) is 22.8 Å². The van der Waals surface area contributed by atoms with E-state index in [0.717, 1.165) is 24.6 Å². The zero-order valence-corrected chi connectivity index (χ0v) is 15.9. The summed E-state index contributed by atoms with van der Waals surface area (Å²) in [7, 11) is -3.72. The Morgan fingerprint density at radius 2 is 1.97 bits per heavy atom. The van der Waals surface area contributed by atoms with Crippen LogP contribution in [0.5, 0.6) is 0 Å². The van der Waals surface area contributed by atoms with Crippen LogP contribution in [0.4, 0.5) is 17.6 Å². The monoisotopic (exact) mass is 434 g/mol. The van der Waals surface area contributed by atoms with E-state index in [1.165, 1.54) is 4.31 Å². The van der Waals surface area contributed by atoms with Crippen molar-refractivity contribution in [1.82, 2.24) is 14.4 Å². The van der Waals surface area contributed by atoms with Crippen molar-refractivity contribution in [3.63, 3.8) is 0 Å². The Balaban J connectivity index is 1.48. The molecule has 0 unspecified atom stereocenters. The number of halogens is 4. The summed E-state index contributed by atoms with van der Waals surface area (Å²) < 4.78 is 82.6. The van der Waals surface area contributed by atoms with Gasteiger partial charge in [-0.05, 0) is 36.8 Å². The van der Waals surface area contributed by atoms with Crippen LogP contribution in [0.1, 0.15) is 48.0 Å². The minimum absolute atomic E-state index is 0.0645. The first-order valence-corrected chi connectivity index (χ1v) is 10.4. The van der Waals surface area contributed by atoms with Crippen LogP contribution in [0.25, 0.3) is 0 Å². The van der Waals surface area contributed by atoms with Crippen molar-refractivity contribution in [3.05, 3.63) is 46.9 Å². The molecule has 1 saturated heterocycles. The molecule has 1 aromatic heterocycles. The van der Waals surface area contributed by atoms with Crippen molar-refractivity contribution < 1.29 is 30.5 Å². The molecule has 12 heteroatoms. The first-order valence-electron chi connectivity index (χ1n) is 8.94. The van der Waals surface area contributed by atoms with Gasteiger partial charge >= 0.3 is 6.18 Å². The second kappa shape index (κ2) is 6.74. The van der Waals surface area contributed by atoms with Gasteiger partial charge in [-0.25, -0.2) is 9.53 Å². The number of aromatic nitrogens is 2. The molecule has 2 fully saturated rings. The highest BCUT2D eigenvalue weighted by molar-refractivity contribution is 7.86. The Labute approximate surface area is 164 Å². The third-order valence-corrected chi connectivity index (χ3v) is 6.90. The Kier molecular flexibility index (Phi) is 4.70. The predicted molar refractivity (Wildman–Crippen MR) is 92.2 cm³/mol. The molecule has 1 aliphatic heterocycles. The Hall–Kier alpha value is -2.05. The molecule has 1 atom stereocenters. The first kappa shape index (κ1) is 20.2. The summed E-state index contributed by atoms with van der Waals surface area (Å²) in [4.78, 5) is 4.18. The molecule has 1 aromatic carbocycles. The quantitative estimate of drug-likeness (QED) is 0.746. The van der Waals surface area contributed by atoms with E-state index in [0.29, 0.717) is 31.8 Å². The third kappa shape index (κ3) is 3.88. The first-order chi connectivity index (χ1) is 13.5. The maximum absolute atomic E-state index is 14.0. The van der Waals surface area contributed by atoms with Crippen LogP contribution in [0, 0.1) is 11.2 Å². The van der Waals surface area contributed by atoms with E-state index in [9.17, 15) is 26.0 Å². The smallest absolute Gasteiger partial charge is 0.339 e.